The van der Waals surface area contributed by atoms with Gasteiger partial charge in [0.1, 0.15) is 0 Å². The first-order chi connectivity index (χ1) is 18.6. The number of carbonyl (C=O) groups excluding carboxylic acids is 1. The Labute approximate surface area is 227 Å². The van der Waals surface area contributed by atoms with Gasteiger partial charge in [0.15, 0.2) is 5.17 Å². The van der Waals surface area contributed by atoms with Gasteiger partial charge in [-0.05, 0) is 66.6 Å². The Kier molecular flexibility index (Phi) is 6.44. The van der Waals surface area contributed by atoms with Crippen LogP contribution in [0.4, 0.5) is 11.4 Å². The number of aliphatic imine (C=N–C) groups is 1. The lowest BCUT2D eigenvalue weighted by Gasteiger charge is -2.16. The van der Waals surface area contributed by atoms with E-state index in [1.54, 1.807) is 4.90 Å². The summed E-state index contributed by atoms with van der Waals surface area (Å²) in [4.78, 5) is 21.3. The highest BCUT2D eigenvalue weighted by Crippen LogP contribution is 2.39. The van der Waals surface area contributed by atoms with Gasteiger partial charge >= 0.3 is 0 Å². The lowest BCUT2D eigenvalue weighted by atomic mass is 10.1. The number of amidine groups is 1. The highest BCUT2D eigenvalue weighted by atomic mass is 32.2. The van der Waals surface area contributed by atoms with Gasteiger partial charge in [-0.1, -0.05) is 84.9 Å². The van der Waals surface area contributed by atoms with Crippen LogP contribution in [0.25, 0.3) is 17.0 Å². The van der Waals surface area contributed by atoms with Crippen LogP contribution in [0.5, 0.6) is 0 Å². The average molecular weight is 514 g/mol. The Morgan fingerprint density at radius 2 is 1.45 bits per heavy atom. The number of hydrogen-bond acceptors (Lipinski definition) is 3. The molecule has 1 fully saturated rings. The van der Waals surface area contributed by atoms with Crippen molar-refractivity contribution in [3.63, 3.8) is 0 Å². The van der Waals surface area contributed by atoms with Gasteiger partial charge in [0.05, 0.1) is 16.3 Å². The van der Waals surface area contributed by atoms with E-state index in [9.17, 15) is 4.79 Å². The fourth-order valence-electron chi connectivity index (χ4n) is 4.87. The van der Waals surface area contributed by atoms with E-state index >= 15 is 0 Å². The predicted molar refractivity (Wildman–Crippen MR) is 160 cm³/mol. The molecule has 2 heterocycles. The summed E-state index contributed by atoms with van der Waals surface area (Å²) in [6.07, 6.45) is 4.16. The van der Waals surface area contributed by atoms with Gasteiger partial charge in [0.2, 0.25) is 0 Å². The molecule has 1 aliphatic rings. The summed E-state index contributed by atoms with van der Waals surface area (Å²) in [5.74, 6) is -0.0638. The standard InChI is InChI=1S/C33H27N3OS/c1-23-12-11-13-24(2)31(23)34-33-36(27-16-7-4-8-17-27)32(37)30(38-33)20-26-22-35(21-25-14-5-3-6-15-25)29-19-10-9-18-28(26)29/h3-20,22H,21H2,1-2H3/b30-20+,34-33?. The molecule has 1 saturated heterocycles. The van der Waals surface area contributed by atoms with Crippen molar-refractivity contribution in [2.24, 2.45) is 4.99 Å². The highest BCUT2D eigenvalue weighted by molar-refractivity contribution is 8.19. The van der Waals surface area contributed by atoms with Crippen molar-refractivity contribution >= 4 is 51.2 Å². The van der Waals surface area contributed by atoms with E-state index < -0.39 is 0 Å². The Morgan fingerprint density at radius 3 is 2.18 bits per heavy atom. The van der Waals surface area contributed by atoms with Crippen LogP contribution in [0.3, 0.4) is 0 Å². The summed E-state index contributed by atoms with van der Waals surface area (Å²) in [5.41, 5.74) is 7.28. The number of aromatic nitrogens is 1. The average Bonchev–Trinajstić information content (AvgIpc) is 3.44. The van der Waals surface area contributed by atoms with Gasteiger partial charge in [-0.3, -0.25) is 9.69 Å². The lowest BCUT2D eigenvalue weighted by molar-refractivity contribution is -0.113. The molecule has 5 aromatic rings. The van der Waals surface area contributed by atoms with Crippen LogP contribution < -0.4 is 4.90 Å². The van der Waals surface area contributed by atoms with Crippen LogP contribution in [0.2, 0.25) is 0 Å². The molecule has 1 aromatic heterocycles. The van der Waals surface area contributed by atoms with Gasteiger partial charge < -0.3 is 4.57 Å². The number of nitrogens with zero attached hydrogens (tertiary/aromatic N) is 3. The van der Waals surface area contributed by atoms with Crippen molar-refractivity contribution in [3.8, 4) is 0 Å². The zero-order valence-electron chi connectivity index (χ0n) is 21.3. The number of benzene rings is 4. The second-order valence-electron chi connectivity index (χ2n) is 9.44. The van der Waals surface area contributed by atoms with E-state index in [0.29, 0.717) is 10.1 Å². The number of rotatable bonds is 5. The van der Waals surface area contributed by atoms with E-state index in [4.69, 9.17) is 4.99 Å². The predicted octanol–water partition coefficient (Wildman–Crippen LogP) is 8.12. The molecule has 1 amide bonds. The van der Waals surface area contributed by atoms with E-state index in [-0.39, 0.29) is 5.91 Å². The van der Waals surface area contributed by atoms with Crippen LogP contribution in [0, 0.1) is 13.8 Å². The van der Waals surface area contributed by atoms with Crippen LogP contribution in [-0.2, 0) is 11.3 Å². The number of anilines is 1. The fraction of sp³-hybridized carbons (Fsp3) is 0.0909. The summed E-state index contributed by atoms with van der Waals surface area (Å²) in [5, 5.41) is 1.79. The Morgan fingerprint density at radius 1 is 0.789 bits per heavy atom. The molecule has 6 rings (SSSR count). The monoisotopic (exact) mass is 513 g/mol. The van der Waals surface area contributed by atoms with E-state index in [1.165, 1.54) is 17.3 Å². The van der Waals surface area contributed by atoms with Gasteiger partial charge in [-0.25, -0.2) is 4.99 Å². The number of carbonyl (C=O) groups is 1. The molecule has 0 radical (unpaired) electrons. The van der Waals surface area contributed by atoms with Crippen LogP contribution in [-0.4, -0.2) is 15.6 Å². The fourth-order valence-corrected chi connectivity index (χ4v) is 5.85. The molecule has 0 saturated carbocycles. The first kappa shape index (κ1) is 24.0. The molecule has 0 N–H and O–H groups in total. The molecule has 4 nitrogen and oxygen atoms in total. The molecular weight excluding hydrogens is 486 g/mol. The normalized spacial score (nSPS) is 15.7. The molecular formula is C33H27N3OS. The number of fused-ring (bicyclic) bond motifs is 1. The van der Waals surface area contributed by atoms with Crippen LogP contribution in [0.1, 0.15) is 22.3 Å². The summed E-state index contributed by atoms with van der Waals surface area (Å²) < 4.78 is 2.25. The molecule has 1 aliphatic heterocycles. The first-order valence-corrected chi connectivity index (χ1v) is 13.5. The maximum Gasteiger partial charge on any atom is 0.271 e. The largest absolute Gasteiger partial charge is 0.342 e. The molecule has 0 unspecified atom stereocenters. The van der Waals surface area contributed by atoms with Gasteiger partial charge in [-0.15, -0.1) is 0 Å². The number of hydrogen-bond donors (Lipinski definition) is 0. The summed E-state index contributed by atoms with van der Waals surface area (Å²) in [6, 6.07) is 34.7. The van der Waals surface area contributed by atoms with Crippen LogP contribution in [0.15, 0.2) is 119 Å². The number of amides is 1. The highest BCUT2D eigenvalue weighted by Gasteiger charge is 2.35. The quantitative estimate of drug-likeness (QED) is 0.223. The van der Waals surface area contributed by atoms with Crippen molar-refractivity contribution in [3.05, 3.63) is 136 Å². The number of aryl methyl sites for hydroxylation is 2. The van der Waals surface area contributed by atoms with Crippen molar-refractivity contribution in [2.75, 3.05) is 4.90 Å². The van der Waals surface area contributed by atoms with Gasteiger partial charge in [-0.2, -0.15) is 0 Å². The zero-order valence-corrected chi connectivity index (χ0v) is 22.2. The molecule has 4 aromatic carbocycles. The minimum absolute atomic E-state index is 0.0638. The third-order valence-electron chi connectivity index (χ3n) is 6.77. The summed E-state index contributed by atoms with van der Waals surface area (Å²) in [6.45, 7) is 4.87. The topological polar surface area (TPSA) is 37.6 Å². The molecule has 0 atom stereocenters. The van der Waals surface area contributed by atoms with Crippen molar-refractivity contribution in [1.29, 1.82) is 0 Å². The van der Waals surface area contributed by atoms with Gasteiger partial charge in [0.25, 0.3) is 5.91 Å². The third-order valence-corrected chi connectivity index (χ3v) is 7.74. The Bertz CT molecular complexity index is 1680. The molecule has 186 valence electrons. The molecule has 0 bridgehead atoms. The van der Waals surface area contributed by atoms with Crippen molar-refractivity contribution in [1.82, 2.24) is 4.57 Å². The third kappa shape index (κ3) is 4.57. The molecule has 5 heteroatoms. The molecule has 0 spiro atoms. The SMILES string of the molecule is Cc1cccc(C)c1N=C1S/C(=C/c2cn(Cc3ccccc3)c3ccccc23)C(=O)N1c1ccccc1. The zero-order chi connectivity index (χ0) is 26.1. The second kappa shape index (κ2) is 10.2. The van der Waals surface area contributed by atoms with E-state index in [1.807, 2.05) is 54.6 Å². The van der Waals surface area contributed by atoms with E-state index in [2.05, 4.69) is 79.2 Å². The summed E-state index contributed by atoms with van der Waals surface area (Å²) >= 11 is 1.43. The maximum absolute atomic E-state index is 13.9. The first-order valence-electron chi connectivity index (χ1n) is 12.6. The smallest absolute Gasteiger partial charge is 0.271 e. The van der Waals surface area contributed by atoms with Gasteiger partial charge in [0, 0.05) is 29.2 Å². The van der Waals surface area contributed by atoms with Crippen molar-refractivity contribution < 1.29 is 4.79 Å². The number of para-hydroxylation sites is 3. The summed E-state index contributed by atoms with van der Waals surface area (Å²) in [7, 11) is 0. The Balaban J connectivity index is 1.45. The van der Waals surface area contributed by atoms with Crippen molar-refractivity contribution in [2.45, 2.75) is 20.4 Å². The lowest BCUT2D eigenvalue weighted by Crippen LogP contribution is -2.28. The minimum atomic E-state index is -0.0638. The van der Waals surface area contributed by atoms with E-state index in [0.717, 1.165) is 45.5 Å². The Hall–Kier alpha value is -4.35. The van der Waals surface area contributed by atoms with Crippen LogP contribution >= 0.6 is 11.8 Å². The number of thioether (sulfide) groups is 1. The minimum Gasteiger partial charge on any atom is -0.342 e. The molecule has 0 aliphatic carbocycles. The second-order valence-corrected chi connectivity index (χ2v) is 10.4. The molecule has 38 heavy (non-hydrogen) atoms. The maximum atomic E-state index is 13.9.